The lowest BCUT2D eigenvalue weighted by molar-refractivity contribution is -0.385. The van der Waals surface area contributed by atoms with E-state index >= 15 is 0 Å². The highest BCUT2D eigenvalue weighted by Crippen LogP contribution is 2.23. The first-order chi connectivity index (χ1) is 8.07. The van der Waals surface area contributed by atoms with Gasteiger partial charge in [-0.05, 0) is 18.4 Å². The summed E-state index contributed by atoms with van der Waals surface area (Å²) in [5.74, 6) is -1.23. The van der Waals surface area contributed by atoms with Gasteiger partial charge < -0.3 is 5.11 Å². The number of nitro groups is 1. The van der Waals surface area contributed by atoms with E-state index in [-0.39, 0.29) is 11.3 Å². The molecular weight excluding hydrogens is 222 g/mol. The SMILES string of the molecule is CCCCCc1cccc([N+](=O)[O-])c1C(=O)O. The van der Waals surface area contributed by atoms with Gasteiger partial charge in [-0.3, -0.25) is 10.1 Å². The van der Waals surface area contributed by atoms with Crippen LogP contribution in [0.2, 0.25) is 0 Å². The number of nitrogens with zero attached hydrogens (tertiary/aromatic N) is 1. The second kappa shape index (κ2) is 5.98. The van der Waals surface area contributed by atoms with Gasteiger partial charge in [-0.15, -0.1) is 0 Å². The third kappa shape index (κ3) is 3.27. The van der Waals surface area contributed by atoms with E-state index in [0.29, 0.717) is 12.0 Å². The van der Waals surface area contributed by atoms with Crippen molar-refractivity contribution >= 4 is 11.7 Å². The molecular formula is C12H15NO4. The van der Waals surface area contributed by atoms with E-state index in [1.54, 1.807) is 6.07 Å². The summed E-state index contributed by atoms with van der Waals surface area (Å²) in [6, 6.07) is 4.41. The third-order valence-corrected chi connectivity index (χ3v) is 2.59. The van der Waals surface area contributed by atoms with Crippen molar-refractivity contribution in [1.82, 2.24) is 0 Å². The van der Waals surface area contributed by atoms with Gasteiger partial charge in [-0.25, -0.2) is 4.79 Å². The van der Waals surface area contributed by atoms with E-state index in [2.05, 4.69) is 0 Å². The molecule has 0 heterocycles. The molecule has 17 heavy (non-hydrogen) atoms. The van der Waals surface area contributed by atoms with Crippen LogP contribution in [0, 0.1) is 10.1 Å². The number of hydrogen-bond acceptors (Lipinski definition) is 3. The molecule has 0 aliphatic carbocycles. The molecule has 0 fully saturated rings. The van der Waals surface area contributed by atoms with Crippen LogP contribution in [0.1, 0.15) is 42.1 Å². The van der Waals surface area contributed by atoms with Crippen LogP contribution in [-0.2, 0) is 6.42 Å². The van der Waals surface area contributed by atoms with Crippen molar-refractivity contribution in [2.75, 3.05) is 0 Å². The number of benzene rings is 1. The maximum atomic E-state index is 11.1. The number of hydrogen-bond donors (Lipinski definition) is 1. The fourth-order valence-corrected chi connectivity index (χ4v) is 1.76. The van der Waals surface area contributed by atoms with Crippen molar-refractivity contribution in [3.63, 3.8) is 0 Å². The van der Waals surface area contributed by atoms with Gasteiger partial charge in [0.1, 0.15) is 5.56 Å². The topological polar surface area (TPSA) is 80.4 Å². The molecule has 0 saturated carbocycles. The minimum Gasteiger partial charge on any atom is -0.477 e. The molecule has 1 aromatic rings. The van der Waals surface area contributed by atoms with Crippen LogP contribution in [0.4, 0.5) is 5.69 Å². The highest BCUT2D eigenvalue weighted by atomic mass is 16.6. The summed E-state index contributed by atoms with van der Waals surface area (Å²) in [4.78, 5) is 21.2. The molecule has 0 aliphatic rings. The Kier molecular flexibility index (Phi) is 4.63. The molecule has 0 atom stereocenters. The standard InChI is InChI=1S/C12H15NO4/c1-2-3-4-6-9-7-5-8-10(13(16)17)11(9)12(14)15/h5,7-8H,2-4,6H2,1H3,(H,14,15). The molecule has 5 nitrogen and oxygen atoms in total. The maximum Gasteiger partial charge on any atom is 0.343 e. The molecule has 0 unspecified atom stereocenters. The Morgan fingerprint density at radius 1 is 1.41 bits per heavy atom. The number of carboxylic acid groups (broad SMARTS) is 1. The van der Waals surface area contributed by atoms with E-state index in [4.69, 9.17) is 5.11 Å². The third-order valence-electron chi connectivity index (χ3n) is 2.59. The average Bonchev–Trinajstić information content (AvgIpc) is 2.28. The highest BCUT2D eigenvalue weighted by molar-refractivity contribution is 5.94. The summed E-state index contributed by atoms with van der Waals surface area (Å²) in [6.45, 7) is 2.05. The fraction of sp³-hybridized carbons (Fsp3) is 0.417. The molecule has 0 amide bonds. The van der Waals surface area contributed by atoms with Gasteiger partial charge in [-0.2, -0.15) is 0 Å². The van der Waals surface area contributed by atoms with E-state index in [1.165, 1.54) is 12.1 Å². The summed E-state index contributed by atoms with van der Waals surface area (Å²) in [5.41, 5.74) is 0.0419. The first-order valence-electron chi connectivity index (χ1n) is 5.57. The number of nitro benzene ring substituents is 1. The zero-order valence-electron chi connectivity index (χ0n) is 9.68. The lowest BCUT2D eigenvalue weighted by Gasteiger charge is -2.06. The quantitative estimate of drug-likeness (QED) is 0.468. The van der Waals surface area contributed by atoms with Crippen LogP contribution in [0.15, 0.2) is 18.2 Å². The number of carbonyl (C=O) groups is 1. The van der Waals surface area contributed by atoms with Crippen LogP contribution in [0.25, 0.3) is 0 Å². The zero-order chi connectivity index (χ0) is 12.8. The van der Waals surface area contributed by atoms with Crippen LogP contribution in [0.3, 0.4) is 0 Å². The maximum absolute atomic E-state index is 11.1. The van der Waals surface area contributed by atoms with Crippen LogP contribution >= 0.6 is 0 Å². The molecule has 0 bridgehead atoms. The Balaban J connectivity index is 3.07. The molecule has 0 aromatic heterocycles. The predicted octanol–water partition coefficient (Wildman–Crippen LogP) is 3.03. The molecule has 0 aliphatic heterocycles. The van der Waals surface area contributed by atoms with Gasteiger partial charge in [-0.1, -0.05) is 31.9 Å². The number of carboxylic acids is 1. The molecule has 0 spiro atoms. The van der Waals surface area contributed by atoms with Crippen molar-refractivity contribution in [2.45, 2.75) is 32.6 Å². The molecule has 1 rings (SSSR count). The van der Waals surface area contributed by atoms with Crippen molar-refractivity contribution < 1.29 is 14.8 Å². The van der Waals surface area contributed by atoms with Crippen molar-refractivity contribution in [1.29, 1.82) is 0 Å². The molecule has 0 saturated heterocycles. The summed E-state index contributed by atoms with van der Waals surface area (Å²) in [5, 5.41) is 19.8. The molecule has 5 heteroatoms. The number of rotatable bonds is 6. The van der Waals surface area contributed by atoms with Gasteiger partial charge in [0.25, 0.3) is 5.69 Å². The predicted molar refractivity (Wildman–Crippen MR) is 63.3 cm³/mol. The molecule has 92 valence electrons. The first-order valence-corrected chi connectivity index (χ1v) is 5.57. The van der Waals surface area contributed by atoms with E-state index in [9.17, 15) is 14.9 Å². The van der Waals surface area contributed by atoms with Gasteiger partial charge >= 0.3 is 5.97 Å². The summed E-state index contributed by atoms with van der Waals surface area (Å²) in [6.07, 6.45) is 3.42. The summed E-state index contributed by atoms with van der Waals surface area (Å²) >= 11 is 0. The number of aromatic carboxylic acids is 1. The lowest BCUT2D eigenvalue weighted by Crippen LogP contribution is -2.07. The van der Waals surface area contributed by atoms with Crippen LogP contribution in [-0.4, -0.2) is 16.0 Å². The monoisotopic (exact) mass is 237 g/mol. The minimum atomic E-state index is -1.23. The largest absolute Gasteiger partial charge is 0.477 e. The average molecular weight is 237 g/mol. The Morgan fingerprint density at radius 2 is 2.12 bits per heavy atom. The lowest BCUT2D eigenvalue weighted by atomic mass is 10.00. The Bertz CT molecular complexity index is 429. The van der Waals surface area contributed by atoms with E-state index in [0.717, 1.165) is 19.3 Å². The number of aryl methyl sites for hydroxylation is 1. The second-order valence-electron chi connectivity index (χ2n) is 3.83. The van der Waals surface area contributed by atoms with Gasteiger partial charge in [0.15, 0.2) is 0 Å². The molecule has 1 aromatic carbocycles. The molecule has 0 radical (unpaired) electrons. The molecule has 1 N–H and O–H groups in total. The van der Waals surface area contributed by atoms with E-state index < -0.39 is 10.9 Å². The summed E-state index contributed by atoms with van der Waals surface area (Å²) < 4.78 is 0. The second-order valence-corrected chi connectivity index (χ2v) is 3.83. The van der Waals surface area contributed by atoms with Gasteiger partial charge in [0.05, 0.1) is 4.92 Å². The van der Waals surface area contributed by atoms with Crippen molar-refractivity contribution in [2.24, 2.45) is 0 Å². The van der Waals surface area contributed by atoms with Crippen molar-refractivity contribution in [3.05, 3.63) is 39.4 Å². The van der Waals surface area contributed by atoms with Crippen molar-refractivity contribution in [3.8, 4) is 0 Å². The Labute approximate surface area is 99.2 Å². The first kappa shape index (κ1) is 13.2. The normalized spacial score (nSPS) is 10.2. The van der Waals surface area contributed by atoms with E-state index in [1.807, 2.05) is 6.92 Å². The Morgan fingerprint density at radius 3 is 2.65 bits per heavy atom. The fourth-order valence-electron chi connectivity index (χ4n) is 1.76. The smallest absolute Gasteiger partial charge is 0.343 e. The Hall–Kier alpha value is -1.91. The van der Waals surface area contributed by atoms with Gasteiger partial charge in [0.2, 0.25) is 0 Å². The van der Waals surface area contributed by atoms with Crippen LogP contribution < -0.4 is 0 Å². The minimum absolute atomic E-state index is 0.173. The highest BCUT2D eigenvalue weighted by Gasteiger charge is 2.22. The zero-order valence-corrected chi connectivity index (χ0v) is 9.68. The van der Waals surface area contributed by atoms with Crippen LogP contribution in [0.5, 0.6) is 0 Å². The van der Waals surface area contributed by atoms with Gasteiger partial charge in [0, 0.05) is 6.07 Å². The summed E-state index contributed by atoms with van der Waals surface area (Å²) in [7, 11) is 0. The number of unbranched alkanes of at least 4 members (excludes halogenated alkanes) is 2.